The molecule has 4 aromatic carbocycles. The molecule has 0 aliphatic rings. The van der Waals surface area contributed by atoms with Gasteiger partial charge in [-0.05, 0) is 68.3 Å². The minimum absolute atomic E-state index is 0.00677. The first-order chi connectivity index (χ1) is 22.1. The van der Waals surface area contributed by atoms with Gasteiger partial charge in [-0.1, -0.05) is 73.7 Å². The number of halogens is 1. The highest BCUT2D eigenvalue weighted by Gasteiger charge is 2.35. The molecule has 8 nitrogen and oxygen atoms in total. The van der Waals surface area contributed by atoms with Crippen molar-refractivity contribution < 1.29 is 27.1 Å². The van der Waals surface area contributed by atoms with E-state index in [9.17, 15) is 18.0 Å². The molecule has 1 N–H and O–H groups in total. The average molecular weight is 646 g/mol. The van der Waals surface area contributed by atoms with Crippen LogP contribution in [0.4, 0.5) is 10.1 Å². The number of benzene rings is 4. The zero-order valence-corrected chi connectivity index (χ0v) is 27.1. The lowest BCUT2D eigenvalue weighted by atomic mass is 10.0. The summed E-state index contributed by atoms with van der Waals surface area (Å²) in [6.45, 7) is 5.17. The lowest BCUT2D eigenvalue weighted by molar-refractivity contribution is -0.140. The molecule has 2 atom stereocenters. The molecule has 0 aliphatic heterocycles. The number of hydrogen-bond donors (Lipinski definition) is 1. The largest absolute Gasteiger partial charge is 0.494 e. The highest BCUT2D eigenvalue weighted by Crippen LogP contribution is 2.27. The van der Waals surface area contributed by atoms with Crippen molar-refractivity contribution in [3.8, 4) is 5.75 Å². The van der Waals surface area contributed by atoms with Crippen LogP contribution >= 0.6 is 0 Å². The van der Waals surface area contributed by atoms with Gasteiger partial charge in [0.2, 0.25) is 11.8 Å². The summed E-state index contributed by atoms with van der Waals surface area (Å²) in [6, 6.07) is 28.2. The molecule has 0 fully saturated rings. The van der Waals surface area contributed by atoms with Gasteiger partial charge < -0.3 is 15.0 Å². The first-order valence-corrected chi connectivity index (χ1v) is 16.8. The van der Waals surface area contributed by atoms with Crippen LogP contribution in [0.25, 0.3) is 0 Å². The highest BCUT2D eigenvalue weighted by molar-refractivity contribution is 7.92. The number of rotatable bonds is 15. The Morgan fingerprint density at radius 3 is 2.07 bits per heavy atom. The number of ether oxygens (including phenoxy) is 1. The maximum absolute atomic E-state index is 15.1. The standard InChI is InChI=1S/C36H40FN3O5S/c1-4-27(3)38-36(42)34(24-28-14-8-6-9-15-28)39(25-29-16-12-13-19-33(29)37)35(41)26-40(30-20-22-31(23-21-30)45-5-2)46(43,44)32-17-10-7-11-18-32/h6-23,27,34H,4-5,24-26H2,1-3H3,(H,38,42). The van der Waals surface area contributed by atoms with Crippen LogP contribution in [-0.2, 0) is 32.6 Å². The second-order valence-corrected chi connectivity index (χ2v) is 12.8. The van der Waals surface area contributed by atoms with Crippen LogP contribution in [0.2, 0.25) is 0 Å². The molecule has 0 radical (unpaired) electrons. The van der Waals surface area contributed by atoms with Gasteiger partial charge in [-0.15, -0.1) is 0 Å². The summed E-state index contributed by atoms with van der Waals surface area (Å²) >= 11 is 0. The number of anilines is 1. The van der Waals surface area contributed by atoms with Crippen LogP contribution in [0, 0.1) is 5.82 Å². The Kier molecular flexibility index (Phi) is 11.9. The predicted octanol–water partition coefficient (Wildman–Crippen LogP) is 5.97. The van der Waals surface area contributed by atoms with Crippen molar-refractivity contribution >= 4 is 27.5 Å². The van der Waals surface area contributed by atoms with Gasteiger partial charge in [0.25, 0.3) is 10.0 Å². The molecule has 0 saturated heterocycles. The van der Waals surface area contributed by atoms with Crippen molar-refractivity contribution in [1.29, 1.82) is 0 Å². The molecular weight excluding hydrogens is 605 g/mol. The fourth-order valence-corrected chi connectivity index (χ4v) is 6.36. The fourth-order valence-electron chi connectivity index (χ4n) is 4.93. The molecule has 0 aromatic heterocycles. The summed E-state index contributed by atoms with van der Waals surface area (Å²) in [5, 5.41) is 2.97. The van der Waals surface area contributed by atoms with Crippen LogP contribution in [0.15, 0.2) is 114 Å². The van der Waals surface area contributed by atoms with Crippen LogP contribution in [0.5, 0.6) is 5.75 Å². The van der Waals surface area contributed by atoms with E-state index in [1.165, 1.54) is 23.1 Å². The van der Waals surface area contributed by atoms with Crippen LogP contribution in [-0.4, -0.2) is 50.4 Å². The zero-order chi connectivity index (χ0) is 33.1. The Morgan fingerprint density at radius 1 is 0.848 bits per heavy atom. The molecule has 0 saturated carbocycles. The quantitative estimate of drug-likeness (QED) is 0.172. The Labute approximate surface area is 270 Å². The maximum Gasteiger partial charge on any atom is 0.264 e. The topological polar surface area (TPSA) is 96.0 Å². The highest BCUT2D eigenvalue weighted by atomic mass is 32.2. The van der Waals surface area contributed by atoms with E-state index in [-0.39, 0.29) is 35.2 Å². The second-order valence-electron chi connectivity index (χ2n) is 10.9. The van der Waals surface area contributed by atoms with Crippen molar-refractivity contribution in [3.63, 3.8) is 0 Å². The number of carbonyl (C=O) groups excluding carboxylic acids is 2. The minimum atomic E-state index is -4.25. The third-order valence-electron chi connectivity index (χ3n) is 7.62. The summed E-state index contributed by atoms with van der Waals surface area (Å²) in [5.74, 6) is -1.08. The van der Waals surface area contributed by atoms with Crippen molar-refractivity contribution in [2.24, 2.45) is 0 Å². The maximum atomic E-state index is 15.1. The Morgan fingerprint density at radius 2 is 1.46 bits per heavy atom. The molecular formula is C36H40FN3O5S. The number of nitrogens with zero attached hydrogens (tertiary/aromatic N) is 2. The van der Waals surface area contributed by atoms with Crippen molar-refractivity contribution in [1.82, 2.24) is 10.2 Å². The van der Waals surface area contributed by atoms with Gasteiger partial charge >= 0.3 is 0 Å². The first kappa shape index (κ1) is 34.2. The molecule has 0 bridgehead atoms. The van der Waals surface area contributed by atoms with Gasteiger partial charge in [-0.3, -0.25) is 13.9 Å². The lowest BCUT2D eigenvalue weighted by Gasteiger charge is -2.34. The van der Waals surface area contributed by atoms with Crippen molar-refractivity contribution in [3.05, 3.63) is 126 Å². The van der Waals surface area contributed by atoms with E-state index >= 15 is 4.39 Å². The molecule has 0 spiro atoms. The summed E-state index contributed by atoms with van der Waals surface area (Å²) in [7, 11) is -4.25. The fraction of sp³-hybridized carbons (Fsp3) is 0.278. The van der Waals surface area contributed by atoms with Crippen molar-refractivity contribution in [2.75, 3.05) is 17.5 Å². The summed E-state index contributed by atoms with van der Waals surface area (Å²) in [4.78, 5) is 29.6. The summed E-state index contributed by atoms with van der Waals surface area (Å²) < 4.78 is 49.8. The SMILES string of the molecule is CCOc1ccc(N(CC(=O)N(Cc2ccccc2F)C(Cc2ccccc2)C(=O)NC(C)CC)S(=O)(=O)c2ccccc2)cc1. The van der Waals surface area contributed by atoms with Gasteiger partial charge in [-0.2, -0.15) is 0 Å². The number of hydrogen-bond acceptors (Lipinski definition) is 5. The van der Waals surface area contributed by atoms with Crippen molar-refractivity contribution in [2.45, 2.75) is 57.1 Å². The predicted molar refractivity (Wildman–Crippen MR) is 177 cm³/mol. The number of carbonyl (C=O) groups is 2. The van der Waals surface area contributed by atoms with Gasteiger partial charge in [0.15, 0.2) is 0 Å². The molecule has 10 heteroatoms. The Hall–Kier alpha value is -4.70. The normalized spacial score (nSPS) is 12.5. The molecule has 4 rings (SSSR count). The van der Waals surface area contributed by atoms with Gasteiger partial charge in [0.05, 0.1) is 17.2 Å². The van der Waals surface area contributed by atoms with Gasteiger partial charge in [0, 0.05) is 24.6 Å². The minimum Gasteiger partial charge on any atom is -0.494 e. The van der Waals surface area contributed by atoms with E-state index in [1.54, 1.807) is 60.7 Å². The lowest BCUT2D eigenvalue weighted by Crippen LogP contribution is -2.54. The van der Waals surface area contributed by atoms with Crippen LogP contribution in [0.3, 0.4) is 0 Å². The van der Waals surface area contributed by atoms with E-state index in [0.29, 0.717) is 18.8 Å². The van der Waals surface area contributed by atoms with Crippen LogP contribution < -0.4 is 14.4 Å². The second kappa shape index (κ2) is 16.0. The van der Waals surface area contributed by atoms with E-state index in [2.05, 4.69) is 5.32 Å². The molecule has 0 aliphatic carbocycles. The van der Waals surface area contributed by atoms with Gasteiger partial charge in [-0.25, -0.2) is 12.8 Å². The summed E-state index contributed by atoms with van der Waals surface area (Å²) in [6.07, 6.45) is 0.795. The van der Waals surface area contributed by atoms with E-state index < -0.39 is 40.2 Å². The van der Waals surface area contributed by atoms with E-state index in [0.717, 1.165) is 9.87 Å². The molecule has 242 valence electrons. The Balaban J connectivity index is 1.81. The average Bonchev–Trinajstić information content (AvgIpc) is 3.07. The molecule has 46 heavy (non-hydrogen) atoms. The van der Waals surface area contributed by atoms with E-state index in [1.807, 2.05) is 51.1 Å². The smallest absolute Gasteiger partial charge is 0.264 e. The monoisotopic (exact) mass is 645 g/mol. The molecule has 4 aromatic rings. The van der Waals surface area contributed by atoms with Crippen LogP contribution in [0.1, 0.15) is 38.3 Å². The molecule has 2 amide bonds. The third kappa shape index (κ3) is 8.72. The molecule has 0 heterocycles. The number of sulfonamides is 1. The Bertz CT molecular complexity index is 1690. The number of amides is 2. The summed E-state index contributed by atoms with van der Waals surface area (Å²) in [5.41, 5.74) is 1.22. The van der Waals surface area contributed by atoms with E-state index in [4.69, 9.17) is 4.74 Å². The third-order valence-corrected chi connectivity index (χ3v) is 9.40. The first-order valence-electron chi connectivity index (χ1n) is 15.3. The zero-order valence-electron chi connectivity index (χ0n) is 26.3. The van der Waals surface area contributed by atoms with Gasteiger partial charge in [0.1, 0.15) is 24.2 Å². The number of nitrogens with one attached hydrogen (secondary N) is 1. The molecule has 2 unspecified atom stereocenters.